The zero-order valence-corrected chi connectivity index (χ0v) is 16.3. The van der Waals surface area contributed by atoms with E-state index in [0.29, 0.717) is 5.56 Å². The number of benzene rings is 1. The number of hydrogen-bond acceptors (Lipinski definition) is 5. The van der Waals surface area contributed by atoms with Crippen LogP contribution >= 0.6 is 0 Å². The van der Waals surface area contributed by atoms with Crippen LogP contribution in [0.1, 0.15) is 39.7 Å². The van der Waals surface area contributed by atoms with Crippen molar-refractivity contribution in [2.24, 2.45) is 10.9 Å². The lowest BCUT2D eigenvalue weighted by molar-refractivity contribution is -0.153. The molecule has 6 nitrogen and oxygen atoms in total. The minimum Gasteiger partial charge on any atom is -0.460 e. The van der Waals surface area contributed by atoms with Gasteiger partial charge in [0.2, 0.25) is 5.91 Å². The molecule has 1 aromatic rings. The van der Waals surface area contributed by atoms with Crippen LogP contribution in [-0.2, 0) is 24.6 Å². The van der Waals surface area contributed by atoms with Gasteiger partial charge in [-0.3, -0.25) is 14.6 Å². The molecule has 2 aliphatic rings. The Hall–Kier alpha value is -2.28. The Morgan fingerprint density at radius 2 is 2.07 bits per heavy atom. The zero-order chi connectivity index (χ0) is 20.0. The van der Waals surface area contributed by atoms with Crippen LogP contribution < -0.4 is 0 Å². The third-order valence-corrected chi connectivity index (χ3v) is 4.93. The summed E-state index contributed by atoms with van der Waals surface area (Å²) in [5.41, 5.74) is -1.51. The van der Waals surface area contributed by atoms with E-state index >= 15 is 0 Å². The number of hydrogen-bond donors (Lipinski definition) is 0. The Kier molecular flexibility index (Phi) is 4.84. The highest BCUT2D eigenvalue weighted by Gasteiger charge is 2.58. The molecule has 0 bridgehead atoms. The Bertz CT molecular complexity index is 801. The molecule has 27 heavy (non-hydrogen) atoms. The van der Waals surface area contributed by atoms with Crippen LogP contribution in [0.15, 0.2) is 29.3 Å². The second kappa shape index (κ2) is 6.71. The predicted molar refractivity (Wildman–Crippen MR) is 97.6 cm³/mol. The van der Waals surface area contributed by atoms with Crippen molar-refractivity contribution in [2.45, 2.75) is 51.4 Å². The number of fused-ring (bicyclic) bond motifs is 1. The van der Waals surface area contributed by atoms with Crippen molar-refractivity contribution in [1.82, 2.24) is 4.90 Å². The summed E-state index contributed by atoms with van der Waals surface area (Å²) < 4.78 is 25.7. The highest BCUT2D eigenvalue weighted by Crippen LogP contribution is 2.47. The zero-order valence-electron chi connectivity index (χ0n) is 16.3. The highest BCUT2D eigenvalue weighted by atomic mass is 19.1. The Morgan fingerprint density at radius 3 is 2.70 bits per heavy atom. The first kappa shape index (κ1) is 19.5. The molecule has 2 heterocycles. The molecule has 3 rings (SSSR count). The number of amidine groups is 1. The first-order valence-corrected chi connectivity index (χ1v) is 9.00. The average molecular weight is 376 g/mol. The molecular formula is C20H25FN2O4. The van der Waals surface area contributed by atoms with E-state index in [1.54, 1.807) is 52.9 Å². The lowest BCUT2D eigenvalue weighted by Crippen LogP contribution is -2.53. The number of esters is 1. The summed E-state index contributed by atoms with van der Waals surface area (Å²) in [6, 6.07) is 6.26. The van der Waals surface area contributed by atoms with Crippen LogP contribution in [0.2, 0.25) is 0 Å². The molecule has 0 unspecified atom stereocenters. The van der Waals surface area contributed by atoms with Gasteiger partial charge in [0.1, 0.15) is 29.2 Å². The number of nitrogens with zero attached hydrogens (tertiary/aromatic N) is 2. The topological polar surface area (TPSA) is 68.2 Å². The van der Waals surface area contributed by atoms with Gasteiger partial charge in [-0.25, -0.2) is 4.39 Å². The van der Waals surface area contributed by atoms with Crippen LogP contribution in [0.3, 0.4) is 0 Å². The fraction of sp³-hybridized carbons (Fsp3) is 0.550. The van der Waals surface area contributed by atoms with Gasteiger partial charge in [-0.1, -0.05) is 18.2 Å². The third-order valence-electron chi connectivity index (χ3n) is 4.93. The number of carbonyl (C=O) groups is 2. The first-order valence-electron chi connectivity index (χ1n) is 9.00. The van der Waals surface area contributed by atoms with Gasteiger partial charge in [-0.2, -0.15) is 0 Å². The molecule has 0 saturated carbocycles. The minimum absolute atomic E-state index is 0.0805. The van der Waals surface area contributed by atoms with Crippen LogP contribution in [0, 0.1) is 11.7 Å². The highest BCUT2D eigenvalue weighted by molar-refractivity contribution is 6.08. The molecule has 146 valence electrons. The number of amides is 1. The minimum atomic E-state index is -1.17. The summed E-state index contributed by atoms with van der Waals surface area (Å²) in [5.74, 6) is -1.57. The van der Waals surface area contributed by atoms with E-state index in [1.807, 2.05) is 0 Å². The van der Waals surface area contributed by atoms with Crippen molar-refractivity contribution in [3.63, 3.8) is 0 Å². The van der Waals surface area contributed by atoms with Gasteiger partial charge in [0.25, 0.3) is 0 Å². The molecule has 1 aromatic carbocycles. The van der Waals surface area contributed by atoms with Crippen molar-refractivity contribution in [3.05, 3.63) is 35.6 Å². The number of ether oxygens (including phenoxy) is 2. The van der Waals surface area contributed by atoms with Crippen molar-refractivity contribution in [3.8, 4) is 0 Å². The molecule has 0 aromatic heterocycles. The van der Waals surface area contributed by atoms with Crippen LogP contribution in [0.5, 0.6) is 0 Å². The second-order valence-corrected chi connectivity index (χ2v) is 8.09. The quantitative estimate of drug-likeness (QED) is 0.761. The molecule has 1 saturated heterocycles. The molecule has 0 radical (unpaired) electrons. The number of rotatable bonds is 3. The molecule has 2 aliphatic heterocycles. The number of carbonyl (C=O) groups excluding carboxylic acids is 2. The summed E-state index contributed by atoms with van der Waals surface area (Å²) in [5, 5.41) is 0. The van der Waals surface area contributed by atoms with Gasteiger partial charge in [-0.05, 0) is 33.8 Å². The maximum atomic E-state index is 14.6. The van der Waals surface area contributed by atoms with Gasteiger partial charge in [0, 0.05) is 12.6 Å². The molecule has 7 heteroatoms. The lowest BCUT2D eigenvalue weighted by atomic mass is 9.76. The fourth-order valence-electron chi connectivity index (χ4n) is 3.76. The first-order chi connectivity index (χ1) is 12.5. The maximum absolute atomic E-state index is 14.6. The molecular weight excluding hydrogens is 351 g/mol. The third kappa shape index (κ3) is 3.48. The van der Waals surface area contributed by atoms with Crippen LogP contribution in [-0.4, -0.2) is 48.0 Å². The molecule has 0 aliphatic carbocycles. The van der Waals surface area contributed by atoms with E-state index in [9.17, 15) is 14.0 Å². The maximum Gasteiger partial charge on any atom is 0.313 e. The largest absolute Gasteiger partial charge is 0.460 e. The Balaban J connectivity index is 2.06. The van der Waals surface area contributed by atoms with E-state index < -0.39 is 34.9 Å². The SMILES string of the molecule is C[C@H]1OC[C@]2(c3ccccc3F)N=C(CC(=O)OC(C)(C)C)N(C)C(=O)[C@H]12. The van der Waals surface area contributed by atoms with Crippen molar-refractivity contribution in [1.29, 1.82) is 0 Å². The van der Waals surface area contributed by atoms with Gasteiger partial charge < -0.3 is 14.4 Å². The predicted octanol–water partition coefficient (Wildman–Crippen LogP) is 2.66. The second-order valence-electron chi connectivity index (χ2n) is 8.09. The number of aliphatic imine (C=N–C) groups is 1. The summed E-state index contributed by atoms with van der Waals surface area (Å²) in [6.07, 6.45) is -0.581. The van der Waals surface area contributed by atoms with Crippen LogP contribution in [0.25, 0.3) is 0 Å². The summed E-state index contributed by atoms with van der Waals surface area (Å²) in [7, 11) is 1.57. The smallest absolute Gasteiger partial charge is 0.313 e. The molecule has 1 amide bonds. The van der Waals surface area contributed by atoms with E-state index in [-0.39, 0.29) is 24.8 Å². The molecule has 1 fully saturated rings. The van der Waals surface area contributed by atoms with Crippen molar-refractivity contribution < 1.29 is 23.5 Å². The number of halogens is 1. The monoisotopic (exact) mass is 376 g/mol. The van der Waals surface area contributed by atoms with Gasteiger partial charge in [0.15, 0.2) is 0 Å². The van der Waals surface area contributed by atoms with Crippen LogP contribution in [0.4, 0.5) is 4.39 Å². The summed E-state index contributed by atoms with van der Waals surface area (Å²) >= 11 is 0. The standard InChI is InChI=1S/C20H25FN2O4/c1-12-17-18(25)23(5)15(10-16(24)27-19(2,3)4)22-20(17,11-26-12)13-8-6-7-9-14(13)21/h6-9,12,17H,10-11H2,1-5H3/t12-,17+,20-/m1/s1. The van der Waals surface area contributed by atoms with Crippen molar-refractivity contribution in [2.75, 3.05) is 13.7 Å². The normalized spacial score (nSPS) is 28.0. The Morgan fingerprint density at radius 1 is 1.41 bits per heavy atom. The molecule has 0 N–H and O–H groups in total. The molecule has 0 spiro atoms. The average Bonchev–Trinajstić information content (AvgIpc) is 2.89. The van der Waals surface area contributed by atoms with Gasteiger partial charge in [-0.15, -0.1) is 0 Å². The molecule has 3 atom stereocenters. The van der Waals surface area contributed by atoms with E-state index in [2.05, 4.69) is 0 Å². The van der Waals surface area contributed by atoms with E-state index in [1.165, 1.54) is 11.0 Å². The van der Waals surface area contributed by atoms with E-state index in [4.69, 9.17) is 14.5 Å². The fourth-order valence-corrected chi connectivity index (χ4v) is 3.76. The van der Waals surface area contributed by atoms with Gasteiger partial charge in [0.05, 0.1) is 18.6 Å². The summed E-state index contributed by atoms with van der Waals surface area (Å²) in [6.45, 7) is 7.17. The lowest BCUT2D eigenvalue weighted by Gasteiger charge is -2.39. The summed E-state index contributed by atoms with van der Waals surface area (Å²) in [4.78, 5) is 31.4. The van der Waals surface area contributed by atoms with E-state index in [0.717, 1.165) is 0 Å². The van der Waals surface area contributed by atoms with Gasteiger partial charge >= 0.3 is 5.97 Å². The Labute approximate surface area is 158 Å². The van der Waals surface area contributed by atoms with Crippen molar-refractivity contribution >= 4 is 17.7 Å².